The first-order valence-corrected chi connectivity index (χ1v) is 10.8. The topological polar surface area (TPSA) is 66.0 Å². The lowest BCUT2D eigenvalue weighted by molar-refractivity contribution is -0.186. The summed E-state index contributed by atoms with van der Waals surface area (Å²) in [5.74, 6) is -1.80. The van der Waals surface area contributed by atoms with Crippen LogP contribution in [0.4, 0.5) is 23.1 Å². The Labute approximate surface area is 176 Å². The molecular formula is C19H25F3N4O3S. The molecule has 30 heavy (non-hydrogen) atoms. The van der Waals surface area contributed by atoms with Crippen molar-refractivity contribution >= 4 is 28.5 Å². The zero-order valence-electron chi connectivity index (χ0n) is 17.2. The Morgan fingerprint density at radius 2 is 1.73 bits per heavy atom. The highest BCUT2D eigenvalue weighted by atomic mass is 32.1. The summed E-state index contributed by atoms with van der Waals surface area (Å²) in [5, 5.41) is 0.776. The van der Waals surface area contributed by atoms with Gasteiger partial charge in [0, 0.05) is 43.0 Å². The van der Waals surface area contributed by atoms with Crippen LogP contribution in [0.2, 0.25) is 0 Å². The van der Waals surface area contributed by atoms with Gasteiger partial charge in [0.1, 0.15) is 5.60 Å². The Hall–Kier alpha value is -2.04. The molecule has 0 aliphatic carbocycles. The minimum Gasteiger partial charge on any atom is -0.444 e. The number of carbonyl (C=O) groups is 2. The average molecular weight is 446 g/mol. The van der Waals surface area contributed by atoms with Crippen LogP contribution in [-0.2, 0) is 22.5 Å². The van der Waals surface area contributed by atoms with E-state index >= 15 is 0 Å². The second kappa shape index (κ2) is 7.28. The van der Waals surface area contributed by atoms with E-state index in [-0.39, 0.29) is 31.3 Å². The average Bonchev–Trinajstić information content (AvgIpc) is 3.15. The first-order chi connectivity index (χ1) is 13.9. The second-order valence-corrected chi connectivity index (χ2v) is 10.1. The maximum atomic E-state index is 12.8. The fourth-order valence-corrected chi connectivity index (χ4v) is 5.60. The number of halogens is 3. The lowest BCUT2D eigenvalue weighted by atomic mass is 10.2. The summed E-state index contributed by atoms with van der Waals surface area (Å²) in [6.07, 6.45) is -3.01. The molecule has 2 amide bonds. The van der Waals surface area contributed by atoms with Gasteiger partial charge in [-0.15, -0.1) is 0 Å². The summed E-state index contributed by atoms with van der Waals surface area (Å²) in [5.41, 5.74) is 0.219. The summed E-state index contributed by atoms with van der Waals surface area (Å²) < 4.78 is 43.8. The molecule has 0 aromatic carbocycles. The van der Waals surface area contributed by atoms with Crippen molar-refractivity contribution in [1.82, 2.24) is 14.8 Å². The minimum absolute atomic E-state index is 0.0216. The van der Waals surface area contributed by atoms with Gasteiger partial charge in [-0.3, -0.25) is 4.79 Å². The van der Waals surface area contributed by atoms with Gasteiger partial charge in [0.2, 0.25) is 0 Å². The van der Waals surface area contributed by atoms with Crippen molar-refractivity contribution in [2.75, 3.05) is 24.5 Å². The molecule has 11 heteroatoms. The molecule has 0 N–H and O–H groups in total. The molecule has 3 aliphatic rings. The second-order valence-electron chi connectivity index (χ2n) is 9.02. The normalized spacial score (nSPS) is 24.1. The molecule has 2 bridgehead atoms. The number of carbonyl (C=O) groups excluding carboxylic acids is 2. The number of rotatable bonds is 1. The fourth-order valence-electron chi connectivity index (χ4n) is 4.34. The number of aromatic nitrogens is 1. The van der Waals surface area contributed by atoms with Gasteiger partial charge < -0.3 is 19.4 Å². The van der Waals surface area contributed by atoms with Crippen molar-refractivity contribution in [1.29, 1.82) is 0 Å². The molecule has 0 spiro atoms. The SMILES string of the molecule is CC(C)(C)OC(=O)N1CC2CCC(C1)N2c1nc2c(s1)CN(C(=O)C(F)(F)F)CC2. The number of piperazine rings is 1. The van der Waals surface area contributed by atoms with Gasteiger partial charge in [-0.25, -0.2) is 9.78 Å². The van der Waals surface area contributed by atoms with Gasteiger partial charge in [0.05, 0.1) is 12.2 Å². The Morgan fingerprint density at radius 3 is 2.30 bits per heavy atom. The molecule has 2 unspecified atom stereocenters. The standard InChI is InChI=1S/C19H25F3N4O3S/c1-18(2,3)29-17(28)25-8-11-4-5-12(9-25)26(11)16-23-13-6-7-24(10-14(13)30-16)15(27)19(20,21)22/h11-12H,4-10H2,1-3H3. The highest BCUT2D eigenvalue weighted by Crippen LogP contribution is 2.40. The number of nitrogens with zero attached hydrogens (tertiary/aromatic N) is 4. The Kier molecular flexibility index (Phi) is 5.14. The highest BCUT2D eigenvalue weighted by Gasteiger charge is 2.46. The number of anilines is 1. The van der Waals surface area contributed by atoms with Crippen LogP contribution in [0.3, 0.4) is 0 Å². The zero-order chi connectivity index (χ0) is 21.8. The molecule has 4 rings (SSSR count). The van der Waals surface area contributed by atoms with E-state index in [9.17, 15) is 22.8 Å². The van der Waals surface area contributed by atoms with Gasteiger partial charge in [-0.05, 0) is 33.6 Å². The van der Waals surface area contributed by atoms with Crippen LogP contribution in [0.25, 0.3) is 0 Å². The third kappa shape index (κ3) is 4.08. The lowest BCUT2D eigenvalue weighted by Gasteiger charge is -2.41. The van der Waals surface area contributed by atoms with Crippen LogP contribution in [0.5, 0.6) is 0 Å². The number of amides is 2. The summed E-state index contributed by atoms with van der Waals surface area (Å²) in [6, 6.07) is 0.216. The van der Waals surface area contributed by atoms with Crippen molar-refractivity contribution in [3.63, 3.8) is 0 Å². The van der Waals surface area contributed by atoms with Crippen LogP contribution >= 0.6 is 11.3 Å². The number of thiazole rings is 1. The van der Waals surface area contributed by atoms with Gasteiger partial charge in [0.15, 0.2) is 5.13 Å². The van der Waals surface area contributed by atoms with E-state index in [1.807, 2.05) is 20.8 Å². The summed E-state index contributed by atoms with van der Waals surface area (Å²) >= 11 is 1.36. The zero-order valence-corrected chi connectivity index (χ0v) is 18.0. The number of hydrogen-bond donors (Lipinski definition) is 0. The van der Waals surface area contributed by atoms with Crippen LogP contribution in [0.1, 0.15) is 44.2 Å². The first kappa shape index (κ1) is 21.2. The molecule has 3 aliphatic heterocycles. The van der Waals surface area contributed by atoms with E-state index < -0.39 is 17.7 Å². The quantitative estimate of drug-likeness (QED) is 0.663. The molecule has 0 saturated carbocycles. The van der Waals surface area contributed by atoms with E-state index in [1.54, 1.807) is 4.90 Å². The Bertz CT molecular complexity index is 837. The summed E-state index contributed by atoms with van der Waals surface area (Å²) in [7, 11) is 0. The van der Waals surface area contributed by atoms with Crippen molar-refractivity contribution in [3.8, 4) is 0 Å². The fraction of sp³-hybridized carbons (Fsp3) is 0.737. The predicted octanol–water partition coefficient (Wildman–Crippen LogP) is 3.18. The maximum absolute atomic E-state index is 12.8. The Morgan fingerprint density at radius 1 is 1.10 bits per heavy atom. The molecule has 1 aromatic rings. The molecule has 2 saturated heterocycles. The van der Waals surface area contributed by atoms with Crippen LogP contribution < -0.4 is 4.90 Å². The van der Waals surface area contributed by atoms with E-state index in [1.165, 1.54) is 11.3 Å². The molecule has 4 heterocycles. The van der Waals surface area contributed by atoms with Gasteiger partial charge in [-0.2, -0.15) is 13.2 Å². The van der Waals surface area contributed by atoms with Crippen LogP contribution in [-0.4, -0.2) is 70.3 Å². The van der Waals surface area contributed by atoms with Crippen molar-refractivity contribution < 1.29 is 27.5 Å². The number of likely N-dealkylation sites (tertiary alicyclic amines) is 1. The minimum atomic E-state index is -4.86. The van der Waals surface area contributed by atoms with E-state index in [0.717, 1.165) is 28.6 Å². The highest BCUT2D eigenvalue weighted by molar-refractivity contribution is 7.15. The first-order valence-electron chi connectivity index (χ1n) is 10.0. The summed E-state index contributed by atoms with van der Waals surface area (Å²) in [6.45, 7) is 6.54. The van der Waals surface area contributed by atoms with Crippen molar-refractivity contribution in [3.05, 3.63) is 10.6 Å². The molecule has 166 valence electrons. The molecular weight excluding hydrogens is 421 g/mol. The monoisotopic (exact) mass is 446 g/mol. The van der Waals surface area contributed by atoms with Crippen molar-refractivity contribution in [2.45, 2.75) is 70.4 Å². The van der Waals surface area contributed by atoms with Gasteiger partial charge in [0.25, 0.3) is 0 Å². The lowest BCUT2D eigenvalue weighted by Crippen LogP contribution is -2.56. The molecule has 2 fully saturated rings. The Balaban J connectivity index is 1.47. The third-order valence-electron chi connectivity index (χ3n) is 5.60. The molecule has 1 aromatic heterocycles. The van der Waals surface area contributed by atoms with Gasteiger partial charge >= 0.3 is 18.2 Å². The maximum Gasteiger partial charge on any atom is 0.471 e. The molecule has 0 radical (unpaired) electrons. The third-order valence-corrected chi connectivity index (χ3v) is 6.70. The largest absolute Gasteiger partial charge is 0.471 e. The number of ether oxygens (including phenoxy) is 1. The number of fused-ring (bicyclic) bond motifs is 3. The predicted molar refractivity (Wildman–Crippen MR) is 104 cm³/mol. The smallest absolute Gasteiger partial charge is 0.444 e. The van der Waals surface area contributed by atoms with Gasteiger partial charge in [-0.1, -0.05) is 11.3 Å². The molecule has 2 atom stereocenters. The summed E-state index contributed by atoms with van der Waals surface area (Å²) in [4.78, 5) is 34.2. The number of alkyl halides is 3. The molecule has 7 nitrogen and oxygen atoms in total. The van der Waals surface area contributed by atoms with E-state index in [2.05, 4.69) is 4.90 Å². The van der Waals surface area contributed by atoms with E-state index in [4.69, 9.17) is 9.72 Å². The van der Waals surface area contributed by atoms with Crippen molar-refractivity contribution in [2.24, 2.45) is 0 Å². The van der Waals surface area contributed by atoms with E-state index in [0.29, 0.717) is 24.4 Å². The van der Waals surface area contributed by atoms with Crippen LogP contribution in [0.15, 0.2) is 0 Å². The number of hydrogen-bond acceptors (Lipinski definition) is 6. The van der Waals surface area contributed by atoms with Crippen LogP contribution in [0, 0.1) is 0 Å².